The van der Waals surface area contributed by atoms with Crippen molar-refractivity contribution in [2.24, 2.45) is 11.8 Å². The van der Waals surface area contributed by atoms with E-state index < -0.39 is 6.29 Å². The fraction of sp³-hybridized carbons (Fsp3) is 0.333. The Hall–Kier alpha value is -1.84. The molecule has 1 N–H and O–H groups in total. The number of benzene rings is 2. The van der Waals surface area contributed by atoms with Crippen LogP contribution in [0, 0.1) is 11.8 Å². The van der Waals surface area contributed by atoms with Crippen LogP contribution in [-0.4, -0.2) is 11.4 Å². The zero-order valence-corrected chi connectivity index (χ0v) is 11.8. The Bertz CT molecular complexity index is 640. The van der Waals surface area contributed by atoms with E-state index in [1.165, 1.54) is 0 Å². The second kappa shape index (κ2) is 4.86. The fourth-order valence-corrected chi connectivity index (χ4v) is 3.60. The number of hydrogen-bond donors (Lipinski definition) is 1. The molecule has 3 nitrogen and oxygen atoms in total. The van der Waals surface area contributed by atoms with Gasteiger partial charge in [0.25, 0.3) is 0 Å². The first-order valence-corrected chi connectivity index (χ1v) is 7.40. The van der Waals surface area contributed by atoms with Crippen LogP contribution in [0.5, 0.6) is 5.75 Å². The lowest BCUT2D eigenvalue weighted by molar-refractivity contribution is -0.108. The Kier molecular flexibility index (Phi) is 2.98. The molecule has 2 aliphatic heterocycles. The van der Waals surface area contributed by atoms with Crippen LogP contribution in [0.4, 0.5) is 0 Å². The minimum absolute atomic E-state index is 0.00870. The summed E-state index contributed by atoms with van der Waals surface area (Å²) < 4.78 is 12.0. The first-order valence-electron chi connectivity index (χ1n) is 7.40. The molecule has 0 radical (unpaired) electrons. The number of rotatable bonds is 1. The molecule has 2 aliphatic rings. The molecule has 0 aromatic heterocycles. The molecule has 0 aliphatic carbocycles. The minimum Gasteiger partial charge on any atom is -0.464 e. The van der Waals surface area contributed by atoms with Crippen LogP contribution in [0.25, 0.3) is 0 Å². The van der Waals surface area contributed by atoms with Crippen molar-refractivity contribution in [2.75, 3.05) is 0 Å². The quantitative estimate of drug-likeness (QED) is 0.870. The maximum absolute atomic E-state index is 10.4. The van der Waals surface area contributed by atoms with Crippen LogP contribution in [0.15, 0.2) is 54.6 Å². The van der Waals surface area contributed by atoms with E-state index in [1.807, 2.05) is 42.5 Å². The Morgan fingerprint density at radius 2 is 1.62 bits per heavy atom. The maximum Gasteiger partial charge on any atom is 0.203 e. The SMILES string of the molecule is CC1[C@@H]2C(O)Oc3ccccc3[C@@H]2O[C@@H]1c1ccccc1. The minimum atomic E-state index is -0.811. The zero-order valence-electron chi connectivity index (χ0n) is 11.8. The van der Waals surface area contributed by atoms with Crippen molar-refractivity contribution in [3.05, 3.63) is 65.7 Å². The lowest BCUT2D eigenvalue weighted by Gasteiger charge is -2.33. The van der Waals surface area contributed by atoms with Crippen LogP contribution in [0.2, 0.25) is 0 Å². The monoisotopic (exact) mass is 282 g/mol. The molecule has 0 amide bonds. The molecule has 2 heterocycles. The van der Waals surface area contributed by atoms with Crippen LogP contribution in [0.1, 0.15) is 30.3 Å². The van der Waals surface area contributed by atoms with Gasteiger partial charge >= 0.3 is 0 Å². The Balaban J connectivity index is 1.74. The van der Waals surface area contributed by atoms with Crippen LogP contribution in [-0.2, 0) is 4.74 Å². The summed E-state index contributed by atoms with van der Waals surface area (Å²) >= 11 is 0. The molecule has 108 valence electrons. The number of ether oxygens (including phenoxy) is 2. The number of hydrogen-bond acceptors (Lipinski definition) is 3. The predicted octanol–water partition coefficient (Wildman–Crippen LogP) is 3.46. The number of aliphatic hydroxyl groups is 1. The lowest BCUT2D eigenvalue weighted by Crippen LogP contribution is -2.36. The van der Waals surface area contributed by atoms with Crippen LogP contribution < -0.4 is 4.74 Å². The highest BCUT2D eigenvalue weighted by molar-refractivity contribution is 5.39. The van der Waals surface area contributed by atoms with Gasteiger partial charge in [-0.15, -0.1) is 0 Å². The van der Waals surface area contributed by atoms with E-state index in [4.69, 9.17) is 9.47 Å². The van der Waals surface area contributed by atoms with E-state index >= 15 is 0 Å². The van der Waals surface area contributed by atoms with Crippen molar-refractivity contribution >= 4 is 0 Å². The molecule has 5 atom stereocenters. The van der Waals surface area contributed by atoms with Crippen molar-refractivity contribution in [1.29, 1.82) is 0 Å². The van der Waals surface area contributed by atoms with Crippen LogP contribution >= 0.6 is 0 Å². The predicted molar refractivity (Wildman–Crippen MR) is 78.7 cm³/mol. The summed E-state index contributed by atoms with van der Waals surface area (Å²) in [7, 11) is 0. The molecule has 21 heavy (non-hydrogen) atoms. The Labute approximate surface area is 124 Å². The van der Waals surface area contributed by atoms with Gasteiger partial charge in [-0.1, -0.05) is 55.5 Å². The second-order valence-corrected chi connectivity index (χ2v) is 5.87. The highest BCUT2D eigenvalue weighted by atomic mass is 16.6. The first kappa shape index (κ1) is 12.9. The van der Waals surface area contributed by atoms with Gasteiger partial charge in [-0.25, -0.2) is 0 Å². The van der Waals surface area contributed by atoms with Crippen molar-refractivity contribution in [3.63, 3.8) is 0 Å². The maximum atomic E-state index is 10.4. The molecule has 0 saturated carbocycles. The van der Waals surface area contributed by atoms with E-state index in [2.05, 4.69) is 19.1 Å². The van der Waals surface area contributed by atoms with Crippen molar-refractivity contribution in [3.8, 4) is 5.75 Å². The van der Waals surface area contributed by atoms with E-state index in [9.17, 15) is 5.11 Å². The van der Waals surface area contributed by atoms with Gasteiger partial charge in [0.2, 0.25) is 6.29 Å². The van der Waals surface area contributed by atoms with E-state index in [-0.39, 0.29) is 24.0 Å². The molecular formula is C18H18O3. The molecule has 1 fully saturated rings. The van der Waals surface area contributed by atoms with Crippen molar-refractivity contribution < 1.29 is 14.6 Å². The van der Waals surface area contributed by atoms with Gasteiger partial charge in [0.05, 0.1) is 18.1 Å². The lowest BCUT2D eigenvalue weighted by atomic mass is 9.82. The smallest absolute Gasteiger partial charge is 0.203 e. The highest BCUT2D eigenvalue weighted by Crippen LogP contribution is 2.54. The summed E-state index contributed by atoms with van der Waals surface area (Å²) in [6.07, 6.45) is -0.927. The molecule has 0 bridgehead atoms. The average Bonchev–Trinajstić information content (AvgIpc) is 2.87. The summed E-state index contributed by atoms with van der Waals surface area (Å²) in [5, 5.41) is 10.4. The highest BCUT2D eigenvalue weighted by Gasteiger charge is 2.50. The molecule has 4 rings (SSSR count). The topological polar surface area (TPSA) is 38.7 Å². The van der Waals surface area contributed by atoms with Crippen molar-refractivity contribution in [1.82, 2.24) is 0 Å². The number of aliphatic hydroxyl groups excluding tert-OH is 1. The van der Waals surface area contributed by atoms with E-state index in [0.29, 0.717) is 0 Å². The molecular weight excluding hydrogens is 264 g/mol. The summed E-state index contributed by atoms with van der Waals surface area (Å²) in [6.45, 7) is 2.13. The standard InChI is InChI=1S/C18H18O3/c1-11-15-17(21-16(11)12-7-3-2-4-8-12)13-9-5-6-10-14(13)20-18(15)19/h2-11,15-19H,1H3/t11?,15-,16-,17-,18?/m0/s1. The Morgan fingerprint density at radius 3 is 2.43 bits per heavy atom. The molecule has 2 aromatic carbocycles. The van der Waals surface area contributed by atoms with Gasteiger partial charge in [-0.05, 0) is 17.5 Å². The molecule has 2 unspecified atom stereocenters. The number of fused-ring (bicyclic) bond motifs is 3. The summed E-state index contributed by atoms with van der Waals surface area (Å²) in [4.78, 5) is 0. The van der Waals surface area contributed by atoms with Gasteiger partial charge in [-0.2, -0.15) is 0 Å². The summed E-state index contributed by atoms with van der Waals surface area (Å²) in [5.74, 6) is 0.887. The third kappa shape index (κ3) is 1.96. The number of para-hydroxylation sites is 1. The first-order chi connectivity index (χ1) is 10.3. The van der Waals surface area contributed by atoms with Gasteiger partial charge in [0.15, 0.2) is 0 Å². The fourth-order valence-electron chi connectivity index (χ4n) is 3.60. The second-order valence-electron chi connectivity index (χ2n) is 5.87. The third-order valence-electron chi connectivity index (χ3n) is 4.66. The van der Waals surface area contributed by atoms with Crippen LogP contribution in [0.3, 0.4) is 0 Å². The van der Waals surface area contributed by atoms with Crippen molar-refractivity contribution in [2.45, 2.75) is 25.4 Å². The molecule has 1 saturated heterocycles. The summed E-state index contributed by atoms with van der Waals surface area (Å²) in [5.41, 5.74) is 2.20. The molecule has 0 spiro atoms. The van der Waals surface area contributed by atoms with Gasteiger partial charge in [0.1, 0.15) is 5.75 Å². The summed E-state index contributed by atoms with van der Waals surface area (Å²) in [6, 6.07) is 18.0. The van der Waals surface area contributed by atoms with Gasteiger partial charge < -0.3 is 14.6 Å². The van der Waals surface area contributed by atoms with E-state index in [1.54, 1.807) is 0 Å². The normalized spacial score (nSPS) is 33.9. The zero-order chi connectivity index (χ0) is 14.4. The Morgan fingerprint density at radius 1 is 0.905 bits per heavy atom. The largest absolute Gasteiger partial charge is 0.464 e. The third-order valence-corrected chi connectivity index (χ3v) is 4.66. The van der Waals surface area contributed by atoms with Gasteiger partial charge in [-0.3, -0.25) is 0 Å². The average molecular weight is 282 g/mol. The molecule has 3 heteroatoms. The van der Waals surface area contributed by atoms with Gasteiger partial charge in [0, 0.05) is 5.56 Å². The van der Waals surface area contributed by atoms with E-state index in [0.717, 1.165) is 16.9 Å². The molecule has 2 aromatic rings.